The second-order valence-electron chi connectivity index (χ2n) is 6.33. The summed E-state index contributed by atoms with van der Waals surface area (Å²) in [7, 11) is 0. The fourth-order valence-electron chi connectivity index (χ4n) is 2.94. The normalized spacial score (nSPS) is 11.2. The summed E-state index contributed by atoms with van der Waals surface area (Å²) >= 11 is 0. The molecule has 1 heterocycles. The minimum Gasteiger partial charge on any atom is -0.350 e. The molecule has 0 fully saturated rings. The molecule has 3 aromatic rings. The second-order valence-corrected chi connectivity index (χ2v) is 6.33. The molecule has 0 bridgehead atoms. The van der Waals surface area contributed by atoms with Gasteiger partial charge in [-0.25, -0.2) is 4.39 Å². The molecule has 0 atom stereocenters. The molecule has 0 aliphatic rings. The highest BCUT2D eigenvalue weighted by Gasteiger charge is 2.23. The van der Waals surface area contributed by atoms with Crippen molar-refractivity contribution in [1.29, 1.82) is 0 Å². The van der Waals surface area contributed by atoms with Gasteiger partial charge in [0, 0.05) is 23.5 Å². The molecular weight excluding hydrogens is 303 g/mol. The average Bonchev–Trinajstić information content (AvgIpc) is 2.89. The lowest BCUT2D eigenvalue weighted by Crippen LogP contribution is -2.36. The fourth-order valence-corrected chi connectivity index (χ4v) is 2.94. The quantitative estimate of drug-likeness (QED) is 0.744. The number of nitrogens with zero attached hydrogens (tertiary/aromatic N) is 1. The van der Waals surface area contributed by atoms with E-state index in [0.717, 1.165) is 16.5 Å². The summed E-state index contributed by atoms with van der Waals surface area (Å²) in [6.07, 6.45) is 0. The molecule has 0 unspecified atom stereocenters. The largest absolute Gasteiger partial charge is 0.350 e. The van der Waals surface area contributed by atoms with Crippen molar-refractivity contribution in [2.75, 3.05) is 0 Å². The summed E-state index contributed by atoms with van der Waals surface area (Å²) < 4.78 is 13.4. The molecule has 3 nitrogen and oxygen atoms in total. The van der Waals surface area contributed by atoms with Crippen LogP contribution in [0.5, 0.6) is 0 Å². The molecule has 0 spiro atoms. The van der Waals surface area contributed by atoms with Crippen LogP contribution >= 0.6 is 0 Å². The Morgan fingerprint density at radius 3 is 2.54 bits per heavy atom. The number of nitrogens with one attached hydrogen (secondary N) is 1. The Morgan fingerprint density at radius 1 is 1.17 bits per heavy atom. The van der Waals surface area contributed by atoms with Gasteiger partial charge in [0.1, 0.15) is 11.5 Å². The third-order valence-corrected chi connectivity index (χ3v) is 4.31. The fraction of sp³-hybridized carbons (Fsp3) is 0.250. The first-order valence-corrected chi connectivity index (χ1v) is 8.10. The van der Waals surface area contributed by atoms with Crippen LogP contribution < -0.4 is 0 Å². The molecule has 124 valence electrons. The molecule has 1 N–H and O–H groups in total. The molecule has 0 radical (unpaired) electrons. The molecule has 3 rings (SSSR count). The van der Waals surface area contributed by atoms with E-state index in [4.69, 9.17) is 0 Å². The zero-order chi connectivity index (χ0) is 17.3. The van der Waals surface area contributed by atoms with E-state index in [0.29, 0.717) is 17.8 Å². The molecule has 1 aromatic heterocycles. The van der Waals surface area contributed by atoms with E-state index in [2.05, 4.69) is 4.98 Å². The van der Waals surface area contributed by atoms with Gasteiger partial charge in [-0.2, -0.15) is 0 Å². The number of fused-ring (bicyclic) bond motifs is 1. The van der Waals surface area contributed by atoms with E-state index in [1.165, 1.54) is 12.1 Å². The van der Waals surface area contributed by atoms with Crippen molar-refractivity contribution in [3.8, 4) is 0 Å². The lowest BCUT2D eigenvalue weighted by Gasteiger charge is -2.27. The number of halogens is 1. The minimum atomic E-state index is -0.312. The Labute approximate surface area is 141 Å². The Balaban J connectivity index is 1.97. The minimum absolute atomic E-state index is 0.0558. The van der Waals surface area contributed by atoms with Crippen LogP contribution in [0.3, 0.4) is 0 Å². The zero-order valence-electron chi connectivity index (χ0n) is 14.1. The first-order chi connectivity index (χ1) is 11.5. The van der Waals surface area contributed by atoms with Crippen LogP contribution in [0.4, 0.5) is 4.39 Å². The Bertz CT molecular complexity index is 868. The third kappa shape index (κ3) is 3.04. The van der Waals surface area contributed by atoms with Crippen LogP contribution in [0.1, 0.15) is 35.5 Å². The molecule has 0 aliphatic heterocycles. The van der Waals surface area contributed by atoms with Crippen LogP contribution in [-0.4, -0.2) is 21.8 Å². The summed E-state index contributed by atoms with van der Waals surface area (Å²) in [4.78, 5) is 18.0. The number of hydrogen-bond donors (Lipinski definition) is 1. The lowest BCUT2D eigenvalue weighted by atomic mass is 10.1. The van der Waals surface area contributed by atoms with Crippen LogP contribution in [0.2, 0.25) is 0 Å². The summed E-state index contributed by atoms with van der Waals surface area (Å²) in [6, 6.07) is 14.5. The van der Waals surface area contributed by atoms with Gasteiger partial charge in [-0.15, -0.1) is 0 Å². The number of aryl methyl sites for hydroxylation is 1. The number of aromatic amines is 1. The average molecular weight is 324 g/mol. The number of carbonyl (C=O) groups excluding carboxylic acids is 1. The van der Waals surface area contributed by atoms with Gasteiger partial charge in [0.15, 0.2) is 0 Å². The maximum absolute atomic E-state index is 13.4. The van der Waals surface area contributed by atoms with Gasteiger partial charge >= 0.3 is 0 Å². The number of rotatable bonds is 4. The van der Waals surface area contributed by atoms with Crippen molar-refractivity contribution in [2.24, 2.45) is 0 Å². The number of carbonyl (C=O) groups is 1. The highest BCUT2D eigenvalue weighted by molar-refractivity contribution is 6.01. The maximum Gasteiger partial charge on any atom is 0.271 e. The highest BCUT2D eigenvalue weighted by atomic mass is 19.1. The van der Waals surface area contributed by atoms with Crippen molar-refractivity contribution >= 4 is 16.8 Å². The van der Waals surface area contributed by atoms with Gasteiger partial charge in [-0.05, 0) is 50.1 Å². The first-order valence-electron chi connectivity index (χ1n) is 8.10. The standard InChI is InChI=1S/C20H21FN2O/c1-13(2)23(12-15-7-5-4-6-8-15)20(24)19-14(3)17-10-9-16(21)11-18(17)22-19/h4-11,13,22H,12H2,1-3H3. The van der Waals surface area contributed by atoms with E-state index in [1.54, 1.807) is 6.07 Å². The van der Waals surface area contributed by atoms with Crippen molar-refractivity contribution in [3.05, 3.63) is 71.2 Å². The van der Waals surface area contributed by atoms with E-state index < -0.39 is 0 Å². The van der Waals surface area contributed by atoms with Crippen molar-refractivity contribution in [3.63, 3.8) is 0 Å². The SMILES string of the molecule is Cc1c(C(=O)N(Cc2ccccc2)C(C)C)[nH]c2cc(F)ccc12. The van der Waals surface area contributed by atoms with Crippen molar-refractivity contribution in [1.82, 2.24) is 9.88 Å². The summed E-state index contributed by atoms with van der Waals surface area (Å²) in [5, 5.41) is 0.878. The van der Waals surface area contributed by atoms with Gasteiger partial charge in [0.2, 0.25) is 0 Å². The van der Waals surface area contributed by atoms with Gasteiger partial charge in [-0.3, -0.25) is 4.79 Å². The molecule has 24 heavy (non-hydrogen) atoms. The molecule has 0 saturated carbocycles. The summed E-state index contributed by atoms with van der Waals surface area (Å²) in [5.41, 5.74) is 3.12. The predicted octanol–water partition coefficient (Wildman–Crippen LogP) is 4.67. The van der Waals surface area contributed by atoms with Crippen LogP contribution in [-0.2, 0) is 6.54 Å². The van der Waals surface area contributed by atoms with Gasteiger partial charge < -0.3 is 9.88 Å². The van der Waals surface area contributed by atoms with Crippen molar-refractivity contribution in [2.45, 2.75) is 33.4 Å². The Morgan fingerprint density at radius 2 is 1.88 bits per heavy atom. The zero-order valence-corrected chi connectivity index (χ0v) is 14.1. The second kappa shape index (κ2) is 6.48. The van der Waals surface area contributed by atoms with E-state index in [-0.39, 0.29) is 17.8 Å². The van der Waals surface area contributed by atoms with Crippen LogP contribution in [0.15, 0.2) is 48.5 Å². The van der Waals surface area contributed by atoms with Crippen LogP contribution in [0, 0.1) is 12.7 Å². The van der Waals surface area contributed by atoms with Gasteiger partial charge in [0.25, 0.3) is 5.91 Å². The molecule has 4 heteroatoms. The highest BCUT2D eigenvalue weighted by Crippen LogP contribution is 2.24. The number of amides is 1. The maximum atomic E-state index is 13.4. The van der Waals surface area contributed by atoms with Crippen molar-refractivity contribution < 1.29 is 9.18 Å². The van der Waals surface area contributed by atoms with E-state index in [1.807, 2.05) is 56.0 Å². The monoisotopic (exact) mass is 324 g/mol. The Hall–Kier alpha value is -2.62. The molecule has 0 aliphatic carbocycles. The third-order valence-electron chi connectivity index (χ3n) is 4.31. The van der Waals surface area contributed by atoms with Gasteiger partial charge in [-0.1, -0.05) is 30.3 Å². The summed E-state index contributed by atoms with van der Waals surface area (Å²) in [5.74, 6) is -0.379. The number of aromatic nitrogens is 1. The molecule has 0 saturated heterocycles. The Kier molecular flexibility index (Phi) is 4.38. The predicted molar refractivity (Wildman–Crippen MR) is 94.4 cm³/mol. The lowest BCUT2D eigenvalue weighted by molar-refractivity contribution is 0.0684. The topological polar surface area (TPSA) is 36.1 Å². The number of H-pyrrole nitrogens is 1. The molecule has 2 aromatic carbocycles. The van der Waals surface area contributed by atoms with Gasteiger partial charge in [0.05, 0.1) is 0 Å². The summed E-state index contributed by atoms with van der Waals surface area (Å²) in [6.45, 7) is 6.43. The van der Waals surface area contributed by atoms with E-state index >= 15 is 0 Å². The number of hydrogen-bond acceptors (Lipinski definition) is 1. The first kappa shape index (κ1) is 16.2. The number of benzene rings is 2. The molecule has 1 amide bonds. The smallest absolute Gasteiger partial charge is 0.271 e. The van der Waals surface area contributed by atoms with Crippen LogP contribution in [0.25, 0.3) is 10.9 Å². The molecular formula is C20H21FN2O. The van der Waals surface area contributed by atoms with E-state index in [9.17, 15) is 9.18 Å².